The molecule has 0 radical (unpaired) electrons. The monoisotopic (exact) mass is 426 g/mol. The van der Waals surface area contributed by atoms with Gasteiger partial charge in [0.15, 0.2) is 5.96 Å². The summed E-state index contributed by atoms with van der Waals surface area (Å²) in [5, 5.41) is 8.27. The maximum Gasteiger partial charge on any atom is 0.191 e. The molecule has 0 aliphatic heterocycles. The number of benzene rings is 1. The first-order valence-electron chi connectivity index (χ1n) is 8.34. The van der Waals surface area contributed by atoms with E-state index in [4.69, 9.17) is 0 Å². The van der Waals surface area contributed by atoms with Crippen molar-refractivity contribution in [2.75, 3.05) is 13.6 Å². The van der Waals surface area contributed by atoms with E-state index in [9.17, 15) is 0 Å². The molecular weight excluding hydrogens is 399 g/mol. The molecule has 0 bridgehead atoms. The number of H-pyrrole nitrogens is 1. The summed E-state index contributed by atoms with van der Waals surface area (Å²) in [5.74, 6) is 1.78. The van der Waals surface area contributed by atoms with Crippen LogP contribution in [-0.4, -0.2) is 30.6 Å². The van der Waals surface area contributed by atoms with Crippen LogP contribution in [0.25, 0.3) is 10.9 Å². The second-order valence-electron chi connectivity index (χ2n) is 6.14. The summed E-state index contributed by atoms with van der Waals surface area (Å²) in [6.07, 6.45) is 6.99. The zero-order valence-electron chi connectivity index (χ0n) is 13.9. The van der Waals surface area contributed by atoms with Crippen molar-refractivity contribution in [3.05, 3.63) is 36.0 Å². The Hall–Kier alpha value is -1.24. The Kier molecular flexibility index (Phi) is 6.74. The number of para-hydroxylation sites is 1. The van der Waals surface area contributed by atoms with Crippen molar-refractivity contribution >= 4 is 40.8 Å². The lowest BCUT2D eigenvalue weighted by molar-refractivity contribution is 0.655. The molecule has 4 nitrogen and oxygen atoms in total. The highest BCUT2D eigenvalue weighted by atomic mass is 127. The number of guanidine groups is 1. The largest absolute Gasteiger partial charge is 0.361 e. The number of hydrogen-bond donors (Lipinski definition) is 3. The number of hydrogen-bond acceptors (Lipinski definition) is 1. The van der Waals surface area contributed by atoms with E-state index in [2.05, 4.69) is 58.0 Å². The van der Waals surface area contributed by atoms with Crippen molar-refractivity contribution in [3.63, 3.8) is 0 Å². The van der Waals surface area contributed by atoms with Crippen LogP contribution in [-0.2, 0) is 6.42 Å². The number of nitrogens with one attached hydrogen (secondary N) is 3. The third-order valence-electron chi connectivity index (χ3n) is 4.49. The first-order valence-corrected chi connectivity index (χ1v) is 8.34. The summed E-state index contributed by atoms with van der Waals surface area (Å²) in [7, 11) is 1.85. The van der Waals surface area contributed by atoms with E-state index in [0.717, 1.165) is 24.8 Å². The van der Waals surface area contributed by atoms with Crippen LogP contribution >= 0.6 is 24.0 Å². The molecule has 2 unspecified atom stereocenters. The zero-order chi connectivity index (χ0) is 15.4. The predicted molar refractivity (Wildman–Crippen MR) is 109 cm³/mol. The van der Waals surface area contributed by atoms with Crippen molar-refractivity contribution < 1.29 is 0 Å². The number of fused-ring (bicyclic) bond motifs is 1. The van der Waals surface area contributed by atoms with Crippen molar-refractivity contribution in [2.45, 2.75) is 38.6 Å². The molecule has 1 fully saturated rings. The van der Waals surface area contributed by atoms with Gasteiger partial charge in [0.25, 0.3) is 0 Å². The van der Waals surface area contributed by atoms with Gasteiger partial charge in [-0.3, -0.25) is 4.99 Å². The lowest BCUT2D eigenvalue weighted by atomic mass is 10.1. The third kappa shape index (κ3) is 4.62. The number of aliphatic imine (C=N–C) groups is 1. The Balaban J connectivity index is 0.00000192. The summed E-state index contributed by atoms with van der Waals surface area (Å²) >= 11 is 0. The van der Waals surface area contributed by atoms with Crippen molar-refractivity contribution in [2.24, 2.45) is 10.9 Å². The van der Waals surface area contributed by atoms with Crippen LogP contribution in [0.2, 0.25) is 0 Å². The van der Waals surface area contributed by atoms with Gasteiger partial charge in [-0.2, -0.15) is 0 Å². The van der Waals surface area contributed by atoms with Gasteiger partial charge in [-0.05, 0) is 36.8 Å². The third-order valence-corrected chi connectivity index (χ3v) is 4.49. The fourth-order valence-electron chi connectivity index (χ4n) is 3.14. The summed E-state index contributed by atoms with van der Waals surface area (Å²) in [6, 6.07) is 9.07. The second-order valence-corrected chi connectivity index (χ2v) is 6.14. The van der Waals surface area contributed by atoms with Crippen LogP contribution in [0.5, 0.6) is 0 Å². The van der Waals surface area contributed by atoms with Gasteiger partial charge in [-0.25, -0.2) is 0 Å². The van der Waals surface area contributed by atoms with Crippen molar-refractivity contribution in [1.82, 2.24) is 15.6 Å². The fraction of sp³-hybridized carbons (Fsp3) is 0.500. The maximum absolute atomic E-state index is 4.33. The molecule has 126 valence electrons. The molecule has 1 saturated carbocycles. The van der Waals surface area contributed by atoms with Crippen LogP contribution in [0.1, 0.15) is 31.7 Å². The summed E-state index contributed by atoms with van der Waals surface area (Å²) in [6.45, 7) is 3.15. The molecule has 0 saturated heterocycles. The molecule has 1 aromatic heterocycles. The SMILES string of the molecule is CCCC1CC1NC(=NC)NCCc1c[nH]c2ccccc12.I. The number of aromatic nitrogens is 1. The number of rotatable bonds is 6. The molecule has 5 heteroatoms. The van der Waals surface area contributed by atoms with Crippen molar-refractivity contribution in [3.8, 4) is 0 Å². The summed E-state index contributed by atoms with van der Waals surface area (Å²) < 4.78 is 0. The molecular formula is C18H27IN4. The smallest absolute Gasteiger partial charge is 0.191 e. The molecule has 3 rings (SSSR count). The normalized spacial score (nSPS) is 20.2. The van der Waals surface area contributed by atoms with Gasteiger partial charge in [0.05, 0.1) is 0 Å². The Morgan fingerprint density at radius 2 is 2.17 bits per heavy atom. The van der Waals surface area contributed by atoms with Gasteiger partial charge >= 0.3 is 0 Å². The summed E-state index contributed by atoms with van der Waals surface area (Å²) in [5.41, 5.74) is 2.56. The van der Waals surface area contributed by atoms with Crippen LogP contribution in [0, 0.1) is 5.92 Å². The van der Waals surface area contributed by atoms with Gasteiger partial charge in [-0.15, -0.1) is 24.0 Å². The van der Waals surface area contributed by atoms with E-state index in [1.165, 1.54) is 35.7 Å². The molecule has 1 aliphatic carbocycles. The predicted octanol–water partition coefficient (Wildman–Crippen LogP) is 3.68. The van der Waals surface area contributed by atoms with E-state index in [1.807, 2.05) is 7.05 Å². The minimum Gasteiger partial charge on any atom is -0.361 e. The second kappa shape index (κ2) is 8.57. The van der Waals surface area contributed by atoms with Crippen molar-refractivity contribution in [1.29, 1.82) is 0 Å². The Morgan fingerprint density at radius 1 is 1.35 bits per heavy atom. The van der Waals surface area contributed by atoms with Crippen LogP contribution in [0.4, 0.5) is 0 Å². The number of aromatic amines is 1. The van der Waals surface area contributed by atoms with Gasteiger partial charge in [0, 0.05) is 36.7 Å². The fourth-order valence-corrected chi connectivity index (χ4v) is 3.14. The molecule has 1 aliphatic rings. The van der Waals surface area contributed by atoms with E-state index >= 15 is 0 Å². The van der Waals surface area contributed by atoms with Gasteiger partial charge in [-0.1, -0.05) is 31.5 Å². The number of nitrogens with zero attached hydrogens (tertiary/aromatic N) is 1. The Bertz CT molecular complexity index is 649. The molecule has 0 amide bonds. The highest BCUT2D eigenvalue weighted by Crippen LogP contribution is 2.34. The maximum atomic E-state index is 4.33. The van der Waals surface area contributed by atoms with E-state index < -0.39 is 0 Å². The Morgan fingerprint density at radius 3 is 2.96 bits per heavy atom. The molecule has 0 spiro atoms. The highest BCUT2D eigenvalue weighted by Gasteiger charge is 2.36. The first-order chi connectivity index (χ1) is 10.8. The zero-order valence-corrected chi connectivity index (χ0v) is 16.3. The molecule has 2 aromatic rings. The molecule has 3 N–H and O–H groups in total. The molecule has 2 atom stereocenters. The molecule has 1 heterocycles. The average molecular weight is 426 g/mol. The lowest BCUT2D eigenvalue weighted by Crippen LogP contribution is -2.40. The lowest BCUT2D eigenvalue weighted by Gasteiger charge is -2.11. The van der Waals surface area contributed by atoms with Gasteiger partial charge in [0.2, 0.25) is 0 Å². The van der Waals surface area contributed by atoms with E-state index in [1.54, 1.807) is 0 Å². The van der Waals surface area contributed by atoms with Gasteiger partial charge in [0.1, 0.15) is 0 Å². The van der Waals surface area contributed by atoms with E-state index in [0.29, 0.717) is 6.04 Å². The molecule has 23 heavy (non-hydrogen) atoms. The highest BCUT2D eigenvalue weighted by molar-refractivity contribution is 14.0. The quantitative estimate of drug-likeness (QED) is 0.375. The topological polar surface area (TPSA) is 52.2 Å². The van der Waals surface area contributed by atoms with E-state index in [-0.39, 0.29) is 24.0 Å². The minimum absolute atomic E-state index is 0. The minimum atomic E-state index is 0. The number of halogens is 1. The van der Waals surface area contributed by atoms with Gasteiger partial charge < -0.3 is 15.6 Å². The standard InChI is InChI=1S/C18H26N4.HI/c1-3-6-13-11-17(13)22-18(19-2)20-10-9-14-12-21-16-8-5-4-7-15(14)16;/h4-5,7-8,12-13,17,21H,3,6,9-11H2,1-2H3,(H2,19,20,22);1H. The summed E-state index contributed by atoms with van der Waals surface area (Å²) in [4.78, 5) is 7.66. The van der Waals surface area contributed by atoms with Crippen LogP contribution in [0.3, 0.4) is 0 Å². The van der Waals surface area contributed by atoms with Crippen LogP contribution < -0.4 is 10.6 Å². The van der Waals surface area contributed by atoms with Crippen LogP contribution in [0.15, 0.2) is 35.5 Å². The average Bonchev–Trinajstić information content (AvgIpc) is 3.14. The first kappa shape index (κ1) is 18.1. The molecule has 1 aromatic carbocycles. The Labute approximate surface area is 155 Å².